The SMILES string of the molecule is Cl.N[C@H]1CCCOc2ccccc21. The highest BCUT2D eigenvalue weighted by Crippen LogP contribution is 2.28. The lowest BCUT2D eigenvalue weighted by Gasteiger charge is -2.10. The van der Waals surface area contributed by atoms with Crippen LogP contribution in [-0.4, -0.2) is 6.61 Å². The Morgan fingerprint density at radius 1 is 1.31 bits per heavy atom. The van der Waals surface area contributed by atoms with E-state index >= 15 is 0 Å². The maximum Gasteiger partial charge on any atom is 0.124 e. The van der Waals surface area contributed by atoms with E-state index in [2.05, 4.69) is 0 Å². The minimum Gasteiger partial charge on any atom is -0.493 e. The van der Waals surface area contributed by atoms with Gasteiger partial charge in [-0.15, -0.1) is 12.4 Å². The number of halogens is 1. The molecule has 3 heteroatoms. The van der Waals surface area contributed by atoms with Crippen LogP contribution < -0.4 is 10.5 Å². The number of para-hydroxylation sites is 1. The number of ether oxygens (including phenoxy) is 1. The second kappa shape index (κ2) is 4.49. The maximum atomic E-state index is 5.97. The van der Waals surface area contributed by atoms with Gasteiger partial charge in [0, 0.05) is 11.6 Å². The molecule has 13 heavy (non-hydrogen) atoms. The van der Waals surface area contributed by atoms with E-state index in [1.807, 2.05) is 24.3 Å². The largest absolute Gasteiger partial charge is 0.493 e. The van der Waals surface area contributed by atoms with E-state index in [1.165, 1.54) is 0 Å². The van der Waals surface area contributed by atoms with Crippen molar-refractivity contribution in [3.63, 3.8) is 0 Å². The molecule has 72 valence electrons. The van der Waals surface area contributed by atoms with Gasteiger partial charge >= 0.3 is 0 Å². The molecule has 1 aliphatic heterocycles. The molecule has 1 atom stereocenters. The van der Waals surface area contributed by atoms with Gasteiger partial charge in [0.25, 0.3) is 0 Å². The van der Waals surface area contributed by atoms with Gasteiger partial charge in [-0.1, -0.05) is 18.2 Å². The van der Waals surface area contributed by atoms with E-state index in [4.69, 9.17) is 10.5 Å². The van der Waals surface area contributed by atoms with Crippen LogP contribution in [0.25, 0.3) is 0 Å². The van der Waals surface area contributed by atoms with Gasteiger partial charge in [0.15, 0.2) is 0 Å². The van der Waals surface area contributed by atoms with Crippen molar-refractivity contribution in [2.75, 3.05) is 6.61 Å². The predicted octanol–water partition coefficient (Wildman–Crippen LogP) is 2.28. The number of hydrogen-bond acceptors (Lipinski definition) is 2. The first-order chi connectivity index (χ1) is 5.88. The molecule has 1 aliphatic rings. The number of fused-ring (bicyclic) bond motifs is 1. The number of benzene rings is 1. The summed E-state index contributed by atoms with van der Waals surface area (Å²) in [6.07, 6.45) is 2.08. The summed E-state index contributed by atoms with van der Waals surface area (Å²) < 4.78 is 5.54. The summed E-state index contributed by atoms with van der Waals surface area (Å²) in [5.74, 6) is 0.961. The number of nitrogens with two attached hydrogens (primary N) is 1. The monoisotopic (exact) mass is 199 g/mol. The third kappa shape index (κ3) is 2.14. The Bertz CT molecular complexity index is 277. The minimum absolute atomic E-state index is 0. The second-order valence-corrected chi connectivity index (χ2v) is 3.14. The fraction of sp³-hybridized carbons (Fsp3) is 0.400. The van der Waals surface area contributed by atoms with E-state index in [0.29, 0.717) is 0 Å². The van der Waals surface area contributed by atoms with Crippen molar-refractivity contribution >= 4 is 12.4 Å². The zero-order chi connectivity index (χ0) is 8.39. The lowest BCUT2D eigenvalue weighted by molar-refractivity contribution is 0.316. The lowest BCUT2D eigenvalue weighted by Crippen LogP contribution is -2.08. The van der Waals surface area contributed by atoms with Gasteiger partial charge in [-0.05, 0) is 18.9 Å². The van der Waals surface area contributed by atoms with Crippen LogP contribution in [0.1, 0.15) is 24.4 Å². The van der Waals surface area contributed by atoms with Gasteiger partial charge in [-0.3, -0.25) is 0 Å². The van der Waals surface area contributed by atoms with Crippen molar-refractivity contribution in [3.8, 4) is 5.75 Å². The first-order valence-corrected chi connectivity index (χ1v) is 4.35. The molecular weight excluding hydrogens is 186 g/mol. The molecule has 0 unspecified atom stereocenters. The molecule has 0 aromatic heterocycles. The highest BCUT2D eigenvalue weighted by atomic mass is 35.5. The van der Waals surface area contributed by atoms with Crippen molar-refractivity contribution in [3.05, 3.63) is 29.8 Å². The third-order valence-corrected chi connectivity index (χ3v) is 2.24. The van der Waals surface area contributed by atoms with Crippen LogP contribution in [0.15, 0.2) is 24.3 Å². The van der Waals surface area contributed by atoms with Gasteiger partial charge in [-0.25, -0.2) is 0 Å². The Morgan fingerprint density at radius 2 is 2.08 bits per heavy atom. The second-order valence-electron chi connectivity index (χ2n) is 3.14. The highest BCUT2D eigenvalue weighted by Gasteiger charge is 2.14. The van der Waals surface area contributed by atoms with Crippen LogP contribution in [0.2, 0.25) is 0 Å². The van der Waals surface area contributed by atoms with Crippen LogP contribution in [-0.2, 0) is 0 Å². The Balaban J connectivity index is 0.000000845. The maximum absolute atomic E-state index is 5.97. The van der Waals surface area contributed by atoms with Crippen LogP contribution in [0.4, 0.5) is 0 Å². The molecule has 0 saturated carbocycles. The molecule has 0 bridgehead atoms. The highest BCUT2D eigenvalue weighted by molar-refractivity contribution is 5.85. The van der Waals surface area contributed by atoms with Crippen LogP contribution in [0.5, 0.6) is 5.75 Å². The molecule has 0 amide bonds. The predicted molar refractivity (Wildman–Crippen MR) is 55.3 cm³/mol. The Hall–Kier alpha value is -0.730. The fourth-order valence-electron chi connectivity index (χ4n) is 1.56. The van der Waals surface area contributed by atoms with Crippen LogP contribution in [0.3, 0.4) is 0 Å². The fourth-order valence-corrected chi connectivity index (χ4v) is 1.56. The first-order valence-electron chi connectivity index (χ1n) is 4.35. The number of rotatable bonds is 0. The summed E-state index contributed by atoms with van der Waals surface area (Å²) in [5, 5.41) is 0. The first kappa shape index (κ1) is 10.4. The van der Waals surface area contributed by atoms with Gasteiger partial charge < -0.3 is 10.5 Å². The van der Waals surface area contributed by atoms with Crippen molar-refractivity contribution in [1.29, 1.82) is 0 Å². The smallest absolute Gasteiger partial charge is 0.124 e. The Labute approximate surface area is 84.5 Å². The lowest BCUT2D eigenvalue weighted by atomic mass is 10.0. The molecule has 2 nitrogen and oxygen atoms in total. The summed E-state index contributed by atoms with van der Waals surface area (Å²) in [5.41, 5.74) is 7.11. The standard InChI is InChI=1S/C10H13NO.ClH/c11-9-5-3-7-12-10-6-2-1-4-8(9)10;/h1-2,4,6,9H,3,5,7,11H2;1H/t9-;/m0./s1. The van der Waals surface area contributed by atoms with Gasteiger partial charge in [-0.2, -0.15) is 0 Å². The topological polar surface area (TPSA) is 35.2 Å². The van der Waals surface area contributed by atoms with Crippen molar-refractivity contribution < 1.29 is 4.74 Å². The molecule has 1 aromatic carbocycles. The normalized spacial score (nSPS) is 20.5. The quantitative estimate of drug-likeness (QED) is 0.696. The van der Waals surface area contributed by atoms with Crippen molar-refractivity contribution in [1.82, 2.24) is 0 Å². The average Bonchev–Trinajstić information content (AvgIpc) is 2.29. The molecule has 2 rings (SSSR count). The summed E-state index contributed by atoms with van der Waals surface area (Å²) >= 11 is 0. The minimum atomic E-state index is 0. The molecule has 0 spiro atoms. The molecule has 1 aromatic rings. The van der Waals surface area contributed by atoms with E-state index < -0.39 is 0 Å². The molecule has 0 fully saturated rings. The van der Waals surface area contributed by atoms with E-state index in [0.717, 1.165) is 30.8 Å². The zero-order valence-corrected chi connectivity index (χ0v) is 8.22. The van der Waals surface area contributed by atoms with Crippen molar-refractivity contribution in [2.24, 2.45) is 5.73 Å². The summed E-state index contributed by atoms with van der Waals surface area (Å²) in [4.78, 5) is 0. The third-order valence-electron chi connectivity index (χ3n) is 2.24. The van der Waals surface area contributed by atoms with Crippen LogP contribution in [0, 0.1) is 0 Å². The summed E-state index contributed by atoms with van der Waals surface area (Å²) in [6.45, 7) is 0.796. The van der Waals surface area contributed by atoms with E-state index in [1.54, 1.807) is 0 Å². The van der Waals surface area contributed by atoms with Crippen molar-refractivity contribution in [2.45, 2.75) is 18.9 Å². The van der Waals surface area contributed by atoms with E-state index in [9.17, 15) is 0 Å². The molecule has 2 N–H and O–H groups in total. The molecular formula is C10H14ClNO. The summed E-state index contributed by atoms with van der Waals surface area (Å²) in [6, 6.07) is 8.18. The number of hydrogen-bond donors (Lipinski definition) is 1. The molecule has 0 radical (unpaired) electrons. The van der Waals surface area contributed by atoms with Gasteiger partial charge in [0.1, 0.15) is 5.75 Å². The molecule has 0 aliphatic carbocycles. The molecule has 0 saturated heterocycles. The zero-order valence-electron chi connectivity index (χ0n) is 7.40. The van der Waals surface area contributed by atoms with Crippen LogP contribution >= 0.6 is 12.4 Å². The van der Waals surface area contributed by atoms with E-state index in [-0.39, 0.29) is 18.4 Å². The molecule has 1 heterocycles. The Kier molecular flexibility index (Phi) is 3.58. The van der Waals surface area contributed by atoms with Gasteiger partial charge in [0.05, 0.1) is 6.61 Å². The van der Waals surface area contributed by atoms with Gasteiger partial charge in [0.2, 0.25) is 0 Å². The summed E-state index contributed by atoms with van der Waals surface area (Å²) in [7, 11) is 0. The average molecular weight is 200 g/mol. The Morgan fingerprint density at radius 3 is 2.92 bits per heavy atom.